The van der Waals surface area contributed by atoms with E-state index in [1.807, 2.05) is 19.1 Å². The third-order valence-corrected chi connectivity index (χ3v) is 3.98. The molecule has 3 nitrogen and oxygen atoms in total. The quantitative estimate of drug-likeness (QED) is 0.875. The van der Waals surface area contributed by atoms with Gasteiger partial charge < -0.3 is 10.1 Å². The standard InChI is InChI=1S/C19H16F3NO2/c1-2-12-6-8-14(9-7-12)23-18(24)13-10-15-16(19(20,21)22)4-3-5-17(15)25-11-13/h3-10H,2,11H2,1H3,(H,23,24). The summed E-state index contributed by atoms with van der Waals surface area (Å²) in [6.45, 7) is 1.95. The van der Waals surface area contributed by atoms with Crippen molar-refractivity contribution in [2.24, 2.45) is 0 Å². The van der Waals surface area contributed by atoms with Crippen molar-refractivity contribution in [3.05, 3.63) is 64.7 Å². The summed E-state index contributed by atoms with van der Waals surface area (Å²) >= 11 is 0. The number of fused-ring (bicyclic) bond motifs is 1. The van der Waals surface area contributed by atoms with E-state index < -0.39 is 17.6 Å². The average Bonchev–Trinajstić information content (AvgIpc) is 2.60. The first-order valence-corrected chi connectivity index (χ1v) is 7.82. The first-order valence-electron chi connectivity index (χ1n) is 7.82. The largest absolute Gasteiger partial charge is 0.488 e. The van der Waals surface area contributed by atoms with Crippen LogP contribution in [0.4, 0.5) is 18.9 Å². The van der Waals surface area contributed by atoms with Gasteiger partial charge in [-0.05, 0) is 42.3 Å². The fourth-order valence-electron chi connectivity index (χ4n) is 2.60. The lowest BCUT2D eigenvalue weighted by Crippen LogP contribution is -2.22. The van der Waals surface area contributed by atoms with Crippen LogP contribution in [-0.4, -0.2) is 12.5 Å². The van der Waals surface area contributed by atoms with Crippen molar-refractivity contribution in [2.75, 3.05) is 11.9 Å². The first kappa shape index (κ1) is 17.1. The predicted molar refractivity (Wildman–Crippen MR) is 89.4 cm³/mol. The average molecular weight is 347 g/mol. The lowest BCUT2D eigenvalue weighted by molar-refractivity contribution is -0.137. The Labute approximate surface area is 143 Å². The van der Waals surface area contributed by atoms with Crippen LogP contribution in [0.5, 0.6) is 5.75 Å². The molecule has 0 radical (unpaired) electrons. The van der Waals surface area contributed by atoms with Gasteiger partial charge >= 0.3 is 6.18 Å². The highest BCUT2D eigenvalue weighted by Gasteiger charge is 2.35. The van der Waals surface area contributed by atoms with Gasteiger partial charge in [0.1, 0.15) is 12.4 Å². The number of halogens is 3. The zero-order valence-corrected chi connectivity index (χ0v) is 13.5. The topological polar surface area (TPSA) is 38.3 Å². The Balaban J connectivity index is 1.86. The Morgan fingerprint density at radius 2 is 1.88 bits per heavy atom. The molecule has 0 bridgehead atoms. The molecule has 0 saturated carbocycles. The Bertz CT molecular complexity index is 824. The summed E-state index contributed by atoms with van der Waals surface area (Å²) in [5, 5.41) is 2.68. The Morgan fingerprint density at radius 3 is 2.52 bits per heavy atom. The van der Waals surface area contributed by atoms with Crippen LogP contribution in [0, 0.1) is 0 Å². The molecule has 0 spiro atoms. The molecule has 130 valence electrons. The van der Waals surface area contributed by atoms with Gasteiger partial charge in [-0.1, -0.05) is 25.1 Å². The maximum absolute atomic E-state index is 13.1. The molecule has 2 aromatic rings. The van der Waals surface area contributed by atoms with Gasteiger partial charge in [0, 0.05) is 11.3 Å². The van der Waals surface area contributed by atoms with Crippen molar-refractivity contribution in [3.63, 3.8) is 0 Å². The highest BCUT2D eigenvalue weighted by Crippen LogP contribution is 2.39. The Hall–Kier alpha value is -2.76. The molecule has 0 atom stereocenters. The number of benzene rings is 2. The van der Waals surface area contributed by atoms with Crippen molar-refractivity contribution in [3.8, 4) is 5.75 Å². The number of aryl methyl sites for hydroxylation is 1. The van der Waals surface area contributed by atoms with E-state index in [4.69, 9.17) is 4.74 Å². The van der Waals surface area contributed by atoms with E-state index in [1.54, 1.807) is 12.1 Å². The van der Waals surface area contributed by atoms with Gasteiger partial charge in [-0.15, -0.1) is 0 Å². The van der Waals surface area contributed by atoms with E-state index in [0.29, 0.717) is 5.69 Å². The molecule has 0 saturated heterocycles. The summed E-state index contributed by atoms with van der Waals surface area (Å²) in [4.78, 5) is 12.4. The summed E-state index contributed by atoms with van der Waals surface area (Å²) in [6, 6.07) is 11.0. The fourth-order valence-corrected chi connectivity index (χ4v) is 2.60. The van der Waals surface area contributed by atoms with Gasteiger partial charge in [0.2, 0.25) is 0 Å². The van der Waals surface area contributed by atoms with E-state index >= 15 is 0 Å². The number of anilines is 1. The zero-order valence-electron chi connectivity index (χ0n) is 13.5. The molecule has 0 aromatic heterocycles. The van der Waals surface area contributed by atoms with Crippen molar-refractivity contribution >= 4 is 17.7 Å². The summed E-state index contributed by atoms with van der Waals surface area (Å²) < 4.78 is 44.7. The molecule has 3 rings (SSSR count). The van der Waals surface area contributed by atoms with Crippen LogP contribution in [0.1, 0.15) is 23.6 Å². The fraction of sp³-hybridized carbons (Fsp3) is 0.211. The maximum atomic E-state index is 13.1. The van der Waals surface area contributed by atoms with Crippen molar-refractivity contribution in [1.82, 2.24) is 0 Å². The number of hydrogen-bond acceptors (Lipinski definition) is 2. The predicted octanol–water partition coefficient (Wildman–Crippen LogP) is 4.68. The molecular formula is C19H16F3NO2. The van der Waals surface area contributed by atoms with Crippen molar-refractivity contribution < 1.29 is 22.7 Å². The highest BCUT2D eigenvalue weighted by atomic mass is 19.4. The Kier molecular flexibility index (Phi) is 4.53. The van der Waals surface area contributed by atoms with Gasteiger partial charge in [0.05, 0.1) is 11.1 Å². The lowest BCUT2D eigenvalue weighted by Gasteiger charge is -2.21. The number of nitrogens with one attached hydrogen (secondary N) is 1. The second-order valence-electron chi connectivity index (χ2n) is 5.68. The van der Waals surface area contributed by atoms with Crippen LogP contribution >= 0.6 is 0 Å². The minimum atomic E-state index is -4.51. The van der Waals surface area contributed by atoms with Gasteiger partial charge in [-0.2, -0.15) is 13.2 Å². The molecule has 2 aromatic carbocycles. The molecule has 1 heterocycles. The van der Waals surface area contributed by atoms with E-state index in [-0.39, 0.29) is 23.5 Å². The highest BCUT2D eigenvalue weighted by molar-refractivity contribution is 6.07. The second kappa shape index (κ2) is 6.63. The molecule has 0 fully saturated rings. The van der Waals surface area contributed by atoms with Crippen LogP contribution in [0.25, 0.3) is 6.08 Å². The molecule has 0 unspecified atom stereocenters. The number of hydrogen-bond donors (Lipinski definition) is 1. The van der Waals surface area contributed by atoms with Crippen molar-refractivity contribution in [2.45, 2.75) is 19.5 Å². The molecule has 25 heavy (non-hydrogen) atoms. The molecule has 6 heteroatoms. The number of rotatable bonds is 3. The van der Waals surface area contributed by atoms with Crippen molar-refractivity contribution in [1.29, 1.82) is 0 Å². The molecule has 1 aliphatic rings. The van der Waals surface area contributed by atoms with Crippen LogP contribution in [0.15, 0.2) is 48.0 Å². The van der Waals surface area contributed by atoms with E-state index in [2.05, 4.69) is 5.32 Å². The zero-order chi connectivity index (χ0) is 18.0. The van der Waals surface area contributed by atoms with Crippen LogP contribution in [0.2, 0.25) is 0 Å². The summed E-state index contributed by atoms with van der Waals surface area (Å²) in [5.74, 6) is -0.356. The number of alkyl halides is 3. The SMILES string of the molecule is CCc1ccc(NC(=O)C2=Cc3c(cccc3C(F)(F)F)OC2)cc1. The van der Waals surface area contributed by atoms with E-state index in [1.165, 1.54) is 18.2 Å². The molecule has 1 N–H and O–H groups in total. The van der Waals surface area contributed by atoms with Gasteiger partial charge in [0.15, 0.2) is 0 Å². The normalized spacial score (nSPS) is 13.5. The van der Waals surface area contributed by atoms with Crippen LogP contribution < -0.4 is 10.1 Å². The number of carbonyl (C=O) groups is 1. The maximum Gasteiger partial charge on any atom is 0.417 e. The van der Waals surface area contributed by atoms with Gasteiger partial charge in [-0.25, -0.2) is 0 Å². The molecular weight excluding hydrogens is 331 g/mol. The third kappa shape index (κ3) is 3.68. The second-order valence-corrected chi connectivity index (χ2v) is 5.68. The summed E-state index contributed by atoms with van der Waals surface area (Å²) in [5.41, 5.74) is 0.916. The Morgan fingerprint density at radius 1 is 1.16 bits per heavy atom. The smallest absolute Gasteiger partial charge is 0.417 e. The minimum absolute atomic E-state index is 0.0762. The monoisotopic (exact) mass is 347 g/mol. The number of ether oxygens (including phenoxy) is 1. The van der Waals surface area contributed by atoms with Crippen LogP contribution in [-0.2, 0) is 17.4 Å². The minimum Gasteiger partial charge on any atom is -0.488 e. The molecule has 1 aliphatic heterocycles. The summed E-state index contributed by atoms with van der Waals surface area (Å²) in [6.07, 6.45) is -2.39. The molecule has 0 aliphatic carbocycles. The summed E-state index contributed by atoms with van der Waals surface area (Å²) in [7, 11) is 0. The van der Waals surface area contributed by atoms with E-state index in [9.17, 15) is 18.0 Å². The number of carbonyl (C=O) groups excluding carboxylic acids is 1. The van der Waals surface area contributed by atoms with E-state index in [0.717, 1.165) is 18.1 Å². The molecule has 1 amide bonds. The number of amides is 1. The van der Waals surface area contributed by atoms with Gasteiger partial charge in [-0.3, -0.25) is 4.79 Å². The first-order chi connectivity index (χ1) is 11.9. The van der Waals surface area contributed by atoms with Gasteiger partial charge in [0.25, 0.3) is 5.91 Å². The van der Waals surface area contributed by atoms with Crippen LogP contribution in [0.3, 0.4) is 0 Å². The lowest BCUT2D eigenvalue weighted by atomic mass is 10.0. The third-order valence-electron chi connectivity index (χ3n) is 3.98.